The number of nitrogens with zero attached hydrogens (tertiary/aromatic N) is 3. The first-order chi connectivity index (χ1) is 15.9. The monoisotopic (exact) mass is 483 g/mol. The number of rotatable bonds is 7. The fraction of sp³-hybridized carbons (Fsp3) is 0.217. The Hall–Kier alpha value is -3.11. The summed E-state index contributed by atoms with van der Waals surface area (Å²) in [6.07, 6.45) is 3.27. The van der Waals surface area contributed by atoms with Gasteiger partial charge in [0.25, 0.3) is 0 Å². The van der Waals surface area contributed by atoms with E-state index in [1.165, 1.54) is 17.8 Å². The van der Waals surface area contributed by atoms with Crippen molar-refractivity contribution in [2.24, 2.45) is 0 Å². The minimum Gasteiger partial charge on any atom is -0.385 e. The lowest BCUT2D eigenvalue weighted by Gasteiger charge is -2.15. The predicted octanol–water partition coefficient (Wildman–Crippen LogP) is 4.94. The van der Waals surface area contributed by atoms with Crippen molar-refractivity contribution >= 4 is 38.8 Å². The minimum atomic E-state index is -3.42. The van der Waals surface area contributed by atoms with Gasteiger partial charge in [0.15, 0.2) is 5.65 Å². The molecule has 170 valence electrons. The number of halogens is 1. The van der Waals surface area contributed by atoms with Crippen molar-refractivity contribution in [3.8, 4) is 11.1 Å². The van der Waals surface area contributed by atoms with Crippen LogP contribution < -0.4 is 10.0 Å². The van der Waals surface area contributed by atoms with E-state index >= 15 is 0 Å². The third-order valence-corrected chi connectivity index (χ3v) is 8.51. The number of hydrogen-bond acceptors (Lipinski definition) is 6. The number of aryl methyl sites for hydroxylation is 1. The largest absolute Gasteiger partial charge is 0.385 e. The number of pyridine rings is 1. The second kappa shape index (κ2) is 8.35. The molecule has 1 saturated carbocycles. The van der Waals surface area contributed by atoms with Crippen molar-refractivity contribution in [3.05, 3.63) is 66.4 Å². The van der Waals surface area contributed by atoms with Gasteiger partial charge in [-0.25, -0.2) is 12.8 Å². The van der Waals surface area contributed by atoms with Crippen LogP contribution >= 0.6 is 11.8 Å². The molecule has 1 aliphatic rings. The van der Waals surface area contributed by atoms with E-state index in [1.807, 2.05) is 29.7 Å². The van der Waals surface area contributed by atoms with E-state index in [0.717, 1.165) is 27.5 Å². The third kappa shape index (κ3) is 4.28. The second-order valence-electron chi connectivity index (χ2n) is 7.92. The molecule has 2 heterocycles. The highest BCUT2D eigenvalue weighted by Gasteiger charge is 2.35. The van der Waals surface area contributed by atoms with Crippen molar-refractivity contribution in [2.45, 2.75) is 34.8 Å². The number of benzene rings is 2. The van der Waals surface area contributed by atoms with Crippen LogP contribution in [0.5, 0.6) is 0 Å². The summed E-state index contributed by atoms with van der Waals surface area (Å²) < 4.78 is 44.0. The lowest BCUT2D eigenvalue weighted by molar-refractivity contribution is 0.599. The predicted molar refractivity (Wildman–Crippen MR) is 129 cm³/mol. The number of fused-ring (bicyclic) bond motifs is 1. The Morgan fingerprint density at radius 2 is 1.88 bits per heavy atom. The Kier molecular flexibility index (Phi) is 5.49. The number of anilines is 2. The Morgan fingerprint density at radius 3 is 2.61 bits per heavy atom. The number of hydrogen-bond donors (Lipinski definition) is 2. The SMILES string of the molecule is CNc1cc(-c2cc(NS(=O)(=O)C3CC3)ccc2Sc2ccccc2F)cn2c(C)nnc12. The van der Waals surface area contributed by atoms with Crippen LogP contribution in [0, 0.1) is 12.7 Å². The molecule has 2 N–H and O–H groups in total. The molecule has 5 rings (SSSR count). The van der Waals surface area contributed by atoms with Crippen LogP contribution in [0.4, 0.5) is 15.8 Å². The van der Waals surface area contributed by atoms with Gasteiger partial charge in [0.1, 0.15) is 11.6 Å². The fourth-order valence-corrected chi connectivity index (χ4v) is 5.97. The third-order valence-electron chi connectivity index (χ3n) is 5.51. The average molecular weight is 484 g/mol. The normalized spacial score (nSPS) is 13.9. The van der Waals surface area contributed by atoms with Crippen molar-refractivity contribution in [3.63, 3.8) is 0 Å². The highest BCUT2D eigenvalue weighted by molar-refractivity contribution is 7.99. The van der Waals surface area contributed by atoms with Crippen LogP contribution in [0.2, 0.25) is 0 Å². The standard InChI is InChI=1S/C23H22FN5O2S2/c1-14-26-27-23-20(25-2)11-15(13-29(14)23)18-12-16(28-33(30,31)17-8-9-17)7-10-21(18)32-22-6-4-3-5-19(22)24/h3-7,10-13,17,25,28H,8-9H2,1-2H3. The molecule has 4 aromatic rings. The van der Waals surface area contributed by atoms with Crippen LogP contribution in [0.3, 0.4) is 0 Å². The molecule has 0 aliphatic heterocycles. The molecular formula is C23H22FN5O2S2. The molecule has 0 bridgehead atoms. The summed E-state index contributed by atoms with van der Waals surface area (Å²) in [4.78, 5) is 1.28. The molecule has 7 nitrogen and oxygen atoms in total. The maximum atomic E-state index is 14.4. The quantitative estimate of drug-likeness (QED) is 0.387. The molecule has 0 spiro atoms. The van der Waals surface area contributed by atoms with Gasteiger partial charge in [-0.3, -0.25) is 9.12 Å². The zero-order valence-electron chi connectivity index (χ0n) is 18.0. The van der Waals surface area contributed by atoms with E-state index in [2.05, 4.69) is 20.2 Å². The maximum absolute atomic E-state index is 14.4. The van der Waals surface area contributed by atoms with Crippen LogP contribution in [0.1, 0.15) is 18.7 Å². The smallest absolute Gasteiger partial charge is 0.235 e. The number of aromatic nitrogens is 3. The van der Waals surface area contributed by atoms with Gasteiger partial charge in [-0.05, 0) is 61.7 Å². The van der Waals surface area contributed by atoms with Gasteiger partial charge < -0.3 is 5.32 Å². The molecule has 2 aromatic heterocycles. The summed E-state index contributed by atoms with van der Waals surface area (Å²) in [5.74, 6) is 0.408. The maximum Gasteiger partial charge on any atom is 0.235 e. The summed E-state index contributed by atoms with van der Waals surface area (Å²) >= 11 is 1.29. The molecule has 10 heteroatoms. The van der Waals surface area contributed by atoms with Gasteiger partial charge in [0.2, 0.25) is 10.0 Å². The van der Waals surface area contributed by atoms with Crippen LogP contribution in [-0.2, 0) is 10.0 Å². The minimum absolute atomic E-state index is 0.312. The molecule has 2 aromatic carbocycles. The molecule has 0 radical (unpaired) electrons. The fourth-order valence-electron chi connectivity index (χ4n) is 3.62. The summed E-state index contributed by atoms with van der Waals surface area (Å²) in [6.45, 7) is 1.86. The molecule has 33 heavy (non-hydrogen) atoms. The summed E-state index contributed by atoms with van der Waals surface area (Å²) in [6, 6.07) is 13.8. The van der Waals surface area contributed by atoms with Crippen LogP contribution in [0.15, 0.2) is 64.5 Å². The Labute approximate surface area is 195 Å². The number of sulfonamides is 1. The van der Waals surface area contributed by atoms with E-state index in [1.54, 1.807) is 37.4 Å². The molecule has 0 unspecified atom stereocenters. The van der Waals surface area contributed by atoms with Gasteiger partial charge in [-0.1, -0.05) is 23.9 Å². The Bertz CT molecular complexity index is 1470. The summed E-state index contributed by atoms with van der Waals surface area (Å²) in [5, 5.41) is 11.2. The van der Waals surface area contributed by atoms with E-state index in [4.69, 9.17) is 0 Å². The zero-order chi connectivity index (χ0) is 23.2. The van der Waals surface area contributed by atoms with Gasteiger partial charge in [-0.2, -0.15) is 0 Å². The molecule has 1 fully saturated rings. The first kappa shape index (κ1) is 21.7. The van der Waals surface area contributed by atoms with Gasteiger partial charge in [0.05, 0.1) is 10.9 Å². The van der Waals surface area contributed by atoms with E-state index in [-0.39, 0.29) is 11.1 Å². The Balaban J connectivity index is 1.65. The topological polar surface area (TPSA) is 88.4 Å². The van der Waals surface area contributed by atoms with Crippen LogP contribution in [-0.4, -0.2) is 35.3 Å². The number of nitrogens with one attached hydrogen (secondary N) is 2. The molecule has 0 atom stereocenters. The van der Waals surface area contributed by atoms with E-state index in [9.17, 15) is 12.8 Å². The van der Waals surface area contributed by atoms with Crippen LogP contribution in [0.25, 0.3) is 16.8 Å². The molecule has 0 saturated heterocycles. The average Bonchev–Trinajstić information content (AvgIpc) is 3.60. The van der Waals surface area contributed by atoms with E-state index < -0.39 is 10.0 Å². The summed E-state index contributed by atoms with van der Waals surface area (Å²) in [5.41, 5.74) is 3.53. The van der Waals surface area contributed by atoms with Crippen molar-refractivity contribution in [2.75, 3.05) is 17.1 Å². The molecule has 1 aliphatic carbocycles. The zero-order valence-corrected chi connectivity index (χ0v) is 19.7. The highest BCUT2D eigenvalue weighted by Crippen LogP contribution is 2.40. The van der Waals surface area contributed by atoms with Crippen molar-refractivity contribution in [1.82, 2.24) is 14.6 Å². The first-order valence-corrected chi connectivity index (χ1v) is 12.8. The van der Waals surface area contributed by atoms with Crippen molar-refractivity contribution < 1.29 is 12.8 Å². The van der Waals surface area contributed by atoms with Crippen molar-refractivity contribution in [1.29, 1.82) is 0 Å². The lowest BCUT2D eigenvalue weighted by Crippen LogP contribution is -2.17. The van der Waals surface area contributed by atoms with Gasteiger partial charge >= 0.3 is 0 Å². The van der Waals surface area contributed by atoms with E-state index in [0.29, 0.717) is 29.1 Å². The second-order valence-corrected chi connectivity index (χ2v) is 11.0. The molecular weight excluding hydrogens is 461 g/mol. The Morgan fingerprint density at radius 1 is 1.09 bits per heavy atom. The molecule has 0 amide bonds. The van der Waals surface area contributed by atoms with Gasteiger partial charge in [0, 0.05) is 34.3 Å². The summed E-state index contributed by atoms with van der Waals surface area (Å²) in [7, 11) is -1.61. The van der Waals surface area contributed by atoms with Gasteiger partial charge in [-0.15, -0.1) is 10.2 Å². The lowest BCUT2D eigenvalue weighted by atomic mass is 10.1. The highest BCUT2D eigenvalue weighted by atomic mass is 32.2. The first-order valence-electron chi connectivity index (χ1n) is 10.5.